The molecule has 638 valence electrons. The average molecular weight is 1620 g/mol. The molecule has 1 rings (SSSR count). The normalized spacial score (nSPS) is 14.6. The molecule has 45 nitrogen and oxygen atoms in total. The maximum atomic E-state index is 14.5. The highest BCUT2D eigenvalue weighted by Crippen LogP contribution is 2.17. The zero-order valence-electron chi connectivity index (χ0n) is 65.0. The fourth-order valence-corrected chi connectivity index (χ4v) is 10.6. The van der Waals surface area contributed by atoms with E-state index in [1.54, 1.807) is 27.7 Å². The van der Waals surface area contributed by atoms with Crippen LogP contribution in [0.4, 0.5) is 0 Å². The predicted molar refractivity (Wildman–Crippen MR) is 408 cm³/mol. The third kappa shape index (κ3) is 39.2. The Morgan fingerprint density at radius 1 is 0.412 bits per heavy atom. The molecule has 0 radical (unpaired) electrons. The molecule has 0 aliphatic rings. The van der Waals surface area contributed by atoms with Gasteiger partial charge in [-0.1, -0.05) is 79.9 Å². The number of guanidine groups is 2. The molecule has 15 amide bonds. The third-order valence-electron chi connectivity index (χ3n) is 17.7. The van der Waals surface area contributed by atoms with Crippen molar-refractivity contribution in [2.24, 2.45) is 79.5 Å². The molecule has 0 heterocycles. The SMILES string of the molecule is CC[C@H](C)[C@H](NC(=O)[C@H](CCC(N)=O)NC(=O)[C@H](CCCN=C(N)N)NC(=O)[C@@H](NC(=O)CNC(=O)[C@H](CC(=O)O)NC(=O)[C@@H](NC(=O)[C@H](CCCN=C(N)N)NC(=O)[C@H](CCC(=O)O)NC(=O)CNC(=O)[C@@H](N)CCCCN)C(C)C)C(C)C(N)=O)C(=O)N[C@@H](C(=O)NCC(=O)N[C@@H](Cc1ccc(O)cc1)C(=O)O)[C@@H](C)CC. The number of benzene rings is 1. The fourth-order valence-electron chi connectivity index (χ4n) is 10.6. The lowest BCUT2D eigenvalue weighted by atomic mass is 9.94. The van der Waals surface area contributed by atoms with Crippen LogP contribution in [0.2, 0.25) is 0 Å². The van der Waals surface area contributed by atoms with Crippen molar-refractivity contribution in [3.63, 3.8) is 0 Å². The Morgan fingerprint density at radius 3 is 1.27 bits per heavy atom. The number of carboxylic acid groups (broad SMARTS) is 3. The molecule has 45 heteroatoms. The summed E-state index contributed by atoms with van der Waals surface area (Å²) in [5.41, 5.74) is 44.9. The Morgan fingerprint density at radius 2 is 0.816 bits per heavy atom. The standard InChI is InChI=1S/C69H115N23O22/c1-8-34(5)53(63(109)82-31-48(96)84-45(67(113)114)28-37-17-19-38(93)20-18-37)92-65(111)54(35(6)9-2)91-62(108)43(21-23-46(72)94)86-59(105)40(15-12-26-78-68(74)75)87-66(112)55(36(7)56(73)102)89-49(97)32-81-58(104)44(29-51(100)101)88-64(110)52(33(3)4)90-61(107)41(16-13-27-79-69(76)77)85-60(106)42(22-24-50(98)99)83-47(95)30-80-57(103)39(71)14-10-11-25-70/h17-20,33-36,39-45,52-55,93H,8-16,21-32,70-71H2,1-7H3,(H2,72,94)(H2,73,102)(H,80,103)(H,81,104)(H,82,109)(H,83,95)(H,84,96)(H,85,106)(H,86,105)(H,87,112)(H,88,110)(H,89,97)(H,90,107)(H,91,108)(H,92,111)(H,98,99)(H,100,101)(H,113,114)(H4,74,75,78)(H4,76,77,79)/t34-,35-,36?,39-,40-,41-,42-,43-,44-,45-,52-,53+,54-,55-/m0/s1. The molecule has 0 spiro atoms. The smallest absolute Gasteiger partial charge is 0.326 e. The molecule has 0 saturated heterocycles. The number of amides is 15. The molecule has 0 aromatic heterocycles. The minimum absolute atomic E-state index is 0.0232. The van der Waals surface area contributed by atoms with Gasteiger partial charge >= 0.3 is 17.9 Å². The summed E-state index contributed by atoms with van der Waals surface area (Å²) in [6.07, 6.45) is -2.58. The van der Waals surface area contributed by atoms with E-state index >= 15 is 0 Å². The molecule has 1 aromatic rings. The number of primary amides is 2. The summed E-state index contributed by atoms with van der Waals surface area (Å²) in [7, 11) is 0. The van der Waals surface area contributed by atoms with Crippen molar-refractivity contribution >= 4 is 118 Å². The Hall–Kier alpha value is -12.1. The number of rotatable bonds is 56. The predicted octanol–water partition coefficient (Wildman–Crippen LogP) is -8.75. The van der Waals surface area contributed by atoms with Crippen LogP contribution >= 0.6 is 0 Å². The van der Waals surface area contributed by atoms with E-state index in [0.717, 1.165) is 6.92 Å². The van der Waals surface area contributed by atoms with Crippen molar-refractivity contribution in [2.75, 3.05) is 39.3 Å². The van der Waals surface area contributed by atoms with Gasteiger partial charge in [0.2, 0.25) is 88.6 Å². The Labute approximate surface area is 657 Å². The lowest BCUT2D eigenvalue weighted by Crippen LogP contribution is -2.61. The van der Waals surface area contributed by atoms with Crippen LogP contribution in [0.1, 0.15) is 144 Å². The first-order valence-corrected chi connectivity index (χ1v) is 36.9. The number of carbonyl (C=O) groups is 18. The Balaban J connectivity index is 3.57. The quantitative estimate of drug-likeness (QED) is 0.0164. The first-order chi connectivity index (χ1) is 53.5. The molecule has 0 fully saturated rings. The monoisotopic (exact) mass is 1620 g/mol. The number of carboxylic acids is 3. The van der Waals surface area contributed by atoms with Gasteiger partial charge in [-0.15, -0.1) is 0 Å². The highest BCUT2D eigenvalue weighted by atomic mass is 16.4. The van der Waals surface area contributed by atoms with Gasteiger partial charge in [0.25, 0.3) is 0 Å². The first-order valence-electron chi connectivity index (χ1n) is 36.9. The largest absolute Gasteiger partial charge is 0.508 e. The number of aromatic hydroxyl groups is 1. The van der Waals surface area contributed by atoms with Gasteiger partial charge in [-0.2, -0.15) is 0 Å². The van der Waals surface area contributed by atoms with Crippen molar-refractivity contribution in [3.05, 3.63) is 29.8 Å². The van der Waals surface area contributed by atoms with Gasteiger partial charge in [0.1, 0.15) is 66.2 Å². The number of phenols is 1. The van der Waals surface area contributed by atoms with E-state index in [4.69, 9.17) is 45.9 Å². The van der Waals surface area contributed by atoms with Gasteiger partial charge in [0.15, 0.2) is 11.9 Å². The van der Waals surface area contributed by atoms with Gasteiger partial charge in [-0.25, -0.2) is 4.79 Å². The van der Waals surface area contributed by atoms with Crippen LogP contribution in [-0.4, -0.2) is 245 Å². The van der Waals surface area contributed by atoms with Gasteiger partial charge in [0.05, 0.1) is 38.0 Å². The van der Waals surface area contributed by atoms with Crippen molar-refractivity contribution < 1.29 is 107 Å². The zero-order valence-corrected chi connectivity index (χ0v) is 65.0. The molecule has 1 unspecified atom stereocenters. The summed E-state index contributed by atoms with van der Waals surface area (Å²) in [5.74, 6) is -25.2. The number of nitrogens with two attached hydrogens (primary N) is 8. The molecule has 0 aliphatic heterocycles. The van der Waals surface area contributed by atoms with E-state index in [1.807, 2.05) is 0 Å². The zero-order chi connectivity index (χ0) is 86.6. The van der Waals surface area contributed by atoms with Crippen molar-refractivity contribution in [1.82, 2.24) is 69.1 Å². The van der Waals surface area contributed by atoms with Crippen LogP contribution in [0.5, 0.6) is 5.75 Å². The second-order valence-corrected chi connectivity index (χ2v) is 27.4. The number of hydrogen-bond donors (Lipinski definition) is 25. The summed E-state index contributed by atoms with van der Waals surface area (Å²) >= 11 is 0. The van der Waals surface area contributed by atoms with Crippen molar-refractivity contribution in [2.45, 2.75) is 211 Å². The highest BCUT2D eigenvalue weighted by Gasteiger charge is 2.39. The van der Waals surface area contributed by atoms with E-state index in [0.29, 0.717) is 24.9 Å². The summed E-state index contributed by atoms with van der Waals surface area (Å²) < 4.78 is 0. The summed E-state index contributed by atoms with van der Waals surface area (Å²) in [4.78, 5) is 248. The highest BCUT2D eigenvalue weighted by molar-refractivity contribution is 6.01. The molecular weight excluding hydrogens is 1500 g/mol. The van der Waals surface area contributed by atoms with E-state index in [9.17, 15) is 107 Å². The Kier molecular flexibility index (Phi) is 45.8. The average Bonchev–Trinajstić information content (AvgIpc) is 0.856. The fraction of sp³-hybridized carbons (Fsp3) is 0.623. The van der Waals surface area contributed by atoms with Crippen LogP contribution in [0, 0.1) is 23.7 Å². The van der Waals surface area contributed by atoms with Crippen LogP contribution < -0.4 is 115 Å². The summed E-state index contributed by atoms with van der Waals surface area (Å²) in [6, 6.07) is -12.2. The van der Waals surface area contributed by atoms with Gasteiger partial charge in [0, 0.05) is 32.4 Å². The third-order valence-corrected chi connectivity index (χ3v) is 17.7. The number of carbonyl (C=O) groups excluding carboxylic acids is 15. The molecule has 1 aromatic carbocycles. The van der Waals surface area contributed by atoms with Gasteiger partial charge in [-0.3, -0.25) is 91.5 Å². The number of nitrogens with one attached hydrogen (secondary N) is 13. The number of nitrogens with zero attached hydrogens (tertiary/aromatic N) is 2. The summed E-state index contributed by atoms with van der Waals surface area (Å²) in [6.45, 7) is 7.98. The molecule has 33 N–H and O–H groups in total. The minimum Gasteiger partial charge on any atom is -0.508 e. The van der Waals surface area contributed by atoms with E-state index < -0.39 is 248 Å². The number of aliphatic carboxylic acids is 3. The number of aliphatic imine (C=N–C) groups is 2. The van der Waals surface area contributed by atoms with Crippen molar-refractivity contribution in [3.8, 4) is 5.75 Å². The topological polar surface area (TPSA) is 777 Å². The molecule has 114 heavy (non-hydrogen) atoms. The molecule has 14 atom stereocenters. The van der Waals surface area contributed by atoms with Gasteiger partial charge in [-0.05, 0) is 93.4 Å². The first kappa shape index (κ1) is 99.9. The maximum Gasteiger partial charge on any atom is 0.326 e. The number of hydrogen-bond acceptors (Lipinski definition) is 23. The molecule has 0 aliphatic carbocycles. The van der Waals surface area contributed by atoms with Crippen LogP contribution in [-0.2, 0) is 92.7 Å². The van der Waals surface area contributed by atoms with E-state index in [1.165, 1.54) is 38.1 Å². The Bertz CT molecular complexity index is 3540. The molecule has 0 saturated carbocycles. The van der Waals surface area contributed by atoms with Gasteiger partial charge < -0.3 is 135 Å². The summed E-state index contributed by atoms with van der Waals surface area (Å²) in [5, 5.41) is 69.5. The lowest BCUT2D eigenvalue weighted by molar-refractivity contribution is -0.142. The van der Waals surface area contributed by atoms with Crippen LogP contribution in [0.3, 0.4) is 0 Å². The molecule has 0 bridgehead atoms. The number of phenolic OH excluding ortho intramolecular Hbond substituents is 1. The lowest BCUT2D eigenvalue weighted by Gasteiger charge is -2.30. The van der Waals surface area contributed by atoms with Crippen molar-refractivity contribution in [1.29, 1.82) is 0 Å². The minimum atomic E-state index is -2.04. The number of unbranched alkanes of at least 4 members (excludes halogenated alkanes) is 1. The van der Waals surface area contributed by atoms with Crippen LogP contribution in [0.15, 0.2) is 34.3 Å². The second kappa shape index (κ2) is 52.2. The molecular formula is C69H115N23O22. The van der Waals surface area contributed by atoms with E-state index in [-0.39, 0.29) is 82.1 Å². The second-order valence-electron chi connectivity index (χ2n) is 27.4. The van der Waals surface area contributed by atoms with Crippen LogP contribution in [0.25, 0.3) is 0 Å². The van der Waals surface area contributed by atoms with E-state index in [2.05, 4.69) is 79.1 Å². The maximum absolute atomic E-state index is 14.5.